The van der Waals surface area contributed by atoms with Gasteiger partial charge in [-0.3, -0.25) is 4.79 Å². The molecule has 1 aromatic carbocycles. The lowest BCUT2D eigenvalue weighted by molar-refractivity contribution is -0.136. The summed E-state index contributed by atoms with van der Waals surface area (Å²) in [5.74, 6) is -0.778. The highest BCUT2D eigenvalue weighted by molar-refractivity contribution is 7.12. The van der Waals surface area contributed by atoms with Gasteiger partial charge in [-0.05, 0) is 31.5 Å². The van der Waals surface area contributed by atoms with Crippen LogP contribution in [0.25, 0.3) is 0 Å². The number of carbonyl (C=O) groups is 1. The topological polar surface area (TPSA) is 49.3 Å². The average Bonchev–Trinajstić information content (AvgIpc) is 2.82. The van der Waals surface area contributed by atoms with Gasteiger partial charge in [-0.15, -0.1) is 11.3 Å². The van der Waals surface area contributed by atoms with Crippen molar-refractivity contribution in [3.63, 3.8) is 0 Å². The molecule has 0 amide bonds. The molecule has 2 rings (SSSR count). The lowest BCUT2D eigenvalue weighted by Gasteiger charge is -2.14. The van der Waals surface area contributed by atoms with E-state index in [0.29, 0.717) is 0 Å². The molecule has 0 unspecified atom stereocenters. The van der Waals surface area contributed by atoms with E-state index in [1.54, 1.807) is 11.3 Å². The van der Waals surface area contributed by atoms with Crippen LogP contribution < -0.4 is 5.32 Å². The molecule has 4 heteroatoms. The van der Waals surface area contributed by atoms with Crippen molar-refractivity contribution in [2.45, 2.75) is 32.9 Å². The van der Waals surface area contributed by atoms with Crippen LogP contribution in [0.1, 0.15) is 33.8 Å². The summed E-state index contributed by atoms with van der Waals surface area (Å²) in [6, 6.07) is 12.6. The standard InChI is InChI=1S/C16H19NO2S/c1-11-4-3-5-13(8-11)12(2)17-10-15-7-6-14(20-15)9-16(18)19/h3-8,12,17H,9-10H2,1-2H3,(H,18,19)/t12-/m1/s1. The average molecular weight is 289 g/mol. The molecular formula is C16H19NO2S. The van der Waals surface area contributed by atoms with Crippen molar-refractivity contribution < 1.29 is 9.90 Å². The van der Waals surface area contributed by atoms with Crippen LogP contribution in [0.3, 0.4) is 0 Å². The number of thiophene rings is 1. The minimum Gasteiger partial charge on any atom is -0.481 e. The lowest BCUT2D eigenvalue weighted by Crippen LogP contribution is -2.17. The van der Waals surface area contributed by atoms with Gasteiger partial charge in [-0.25, -0.2) is 0 Å². The minimum absolute atomic E-state index is 0.109. The number of benzene rings is 1. The van der Waals surface area contributed by atoms with Gasteiger partial charge in [0.15, 0.2) is 0 Å². The molecule has 1 atom stereocenters. The normalized spacial score (nSPS) is 12.3. The molecule has 2 aromatic rings. The molecule has 0 aliphatic carbocycles. The Labute approximate surface area is 123 Å². The first kappa shape index (κ1) is 14.8. The number of hydrogen-bond acceptors (Lipinski definition) is 3. The molecule has 3 nitrogen and oxygen atoms in total. The fraction of sp³-hybridized carbons (Fsp3) is 0.312. The Kier molecular flexibility index (Phi) is 4.93. The summed E-state index contributed by atoms with van der Waals surface area (Å²) in [5.41, 5.74) is 2.53. The quantitative estimate of drug-likeness (QED) is 0.855. The molecule has 1 aromatic heterocycles. The molecule has 0 saturated heterocycles. The Morgan fingerprint density at radius 2 is 2.05 bits per heavy atom. The van der Waals surface area contributed by atoms with Gasteiger partial charge in [0, 0.05) is 22.3 Å². The molecule has 0 bridgehead atoms. The first-order valence-electron chi connectivity index (χ1n) is 6.64. The SMILES string of the molecule is Cc1cccc([C@@H](C)NCc2ccc(CC(=O)O)s2)c1. The maximum Gasteiger partial charge on any atom is 0.308 e. The number of nitrogens with one attached hydrogen (secondary N) is 1. The zero-order valence-electron chi connectivity index (χ0n) is 11.7. The molecular weight excluding hydrogens is 270 g/mol. The van der Waals surface area contributed by atoms with Crippen molar-refractivity contribution in [2.24, 2.45) is 0 Å². The summed E-state index contributed by atoms with van der Waals surface area (Å²) < 4.78 is 0. The second kappa shape index (κ2) is 6.68. The number of carboxylic acids is 1. The van der Waals surface area contributed by atoms with E-state index in [1.807, 2.05) is 12.1 Å². The molecule has 106 valence electrons. The summed E-state index contributed by atoms with van der Waals surface area (Å²) in [7, 11) is 0. The van der Waals surface area contributed by atoms with Crippen molar-refractivity contribution in [1.29, 1.82) is 0 Å². The Morgan fingerprint density at radius 1 is 1.30 bits per heavy atom. The number of aliphatic carboxylic acids is 1. The third kappa shape index (κ3) is 4.18. The fourth-order valence-corrected chi connectivity index (χ4v) is 3.03. The van der Waals surface area contributed by atoms with Gasteiger partial charge in [0.2, 0.25) is 0 Å². The highest BCUT2D eigenvalue weighted by Gasteiger charge is 2.07. The maximum absolute atomic E-state index is 10.7. The van der Waals surface area contributed by atoms with Gasteiger partial charge in [0.25, 0.3) is 0 Å². The van der Waals surface area contributed by atoms with Gasteiger partial charge in [0.05, 0.1) is 6.42 Å². The van der Waals surface area contributed by atoms with Crippen molar-refractivity contribution in [2.75, 3.05) is 0 Å². The van der Waals surface area contributed by atoms with Gasteiger partial charge in [-0.2, -0.15) is 0 Å². The molecule has 20 heavy (non-hydrogen) atoms. The van der Waals surface area contributed by atoms with Gasteiger partial charge < -0.3 is 10.4 Å². The second-order valence-corrected chi connectivity index (χ2v) is 6.21. The number of aryl methyl sites for hydroxylation is 1. The Morgan fingerprint density at radius 3 is 2.75 bits per heavy atom. The van der Waals surface area contributed by atoms with Crippen LogP contribution >= 0.6 is 11.3 Å². The van der Waals surface area contributed by atoms with E-state index in [4.69, 9.17) is 5.11 Å². The molecule has 0 fully saturated rings. The van der Waals surface area contributed by atoms with Crippen molar-refractivity contribution in [1.82, 2.24) is 5.32 Å². The van der Waals surface area contributed by atoms with Gasteiger partial charge in [0.1, 0.15) is 0 Å². The zero-order valence-corrected chi connectivity index (χ0v) is 12.5. The van der Waals surface area contributed by atoms with E-state index in [2.05, 4.69) is 43.4 Å². The zero-order chi connectivity index (χ0) is 14.5. The predicted molar refractivity (Wildman–Crippen MR) is 82.1 cm³/mol. The molecule has 0 saturated carbocycles. The van der Waals surface area contributed by atoms with E-state index < -0.39 is 5.97 Å². The number of carboxylic acid groups (broad SMARTS) is 1. The second-order valence-electron chi connectivity index (χ2n) is 4.96. The molecule has 2 N–H and O–H groups in total. The first-order valence-corrected chi connectivity index (χ1v) is 7.45. The molecule has 0 spiro atoms. The number of hydrogen-bond donors (Lipinski definition) is 2. The third-order valence-corrected chi connectivity index (χ3v) is 4.25. The monoisotopic (exact) mass is 289 g/mol. The fourth-order valence-electron chi connectivity index (χ4n) is 2.07. The van der Waals surface area contributed by atoms with Crippen LogP contribution in [0.4, 0.5) is 0 Å². The van der Waals surface area contributed by atoms with Crippen LogP contribution in [-0.4, -0.2) is 11.1 Å². The van der Waals surface area contributed by atoms with Gasteiger partial charge in [-0.1, -0.05) is 29.8 Å². The van der Waals surface area contributed by atoms with E-state index in [0.717, 1.165) is 11.4 Å². The number of rotatable bonds is 6. The predicted octanol–water partition coefficient (Wildman–Crippen LogP) is 3.53. The first-order chi connectivity index (χ1) is 9.54. The smallest absolute Gasteiger partial charge is 0.308 e. The van der Waals surface area contributed by atoms with E-state index in [1.165, 1.54) is 16.0 Å². The minimum atomic E-state index is -0.778. The molecule has 1 heterocycles. The van der Waals surface area contributed by atoms with Crippen LogP contribution in [0.5, 0.6) is 0 Å². The van der Waals surface area contributed by atoms with Crippen molar-refractivity contribution >= 4 is 17.3 Å². The maximum atomic E-state index is 10.7. The van der Waals surface area contributed by atoms with Crippen molar-refractivity contribution in [3.05, 3.63) is 57.3 Å². The summed E-state index contributed by atoms with van der Waals surface area (Å²) in [6.07, 6.45) is 0.109. The molecule has 0 aliphatic heterocycles. The lowest BCUT2D eigenvalue weighted by atomic mass is 10.1. The Balaban J connectivity index is 1.91. The van der Waals surface area contributed by atoms with Crippen LogP contribution in [0.15, 0.2) is 36.4 Å². The summed E-state index contributed by atoms with van der Waals surface area (Å²) in [6.45, 7) is 4.99. The van der Waals surface area contributed by atoms with Crippen LogP contribution in [0, 0.1) is 6.92 Å². The van der Waals surface area contributed by atoms with Crippen LogP contribution in [0.2, 0.25) is 0 Å². The van der Waals surface area contributed by atoms with E-state index in [-0.39, 0.29) is 12.5 Å². The van der Waals surface area contributed by atoms with Gasteiger partial charge >= 0.3 is 5.97 Å². The third-order valence-electron chi connectivity index (χ3n) is 3.17. The summed E-state index contributed by atoms with van der Waals surface area (Å²) >= 11 is 1.56. The highest BCUT2D eigenvalue weighted by Crippen LogP contribution is 2.19. The highest BCUT2D eigenvalue weighted by atomic mass is 32.1. The van der Waals surface area contributed by atoms with E-state index in [9.17, 15) is 4.79 Å². The largest absolute Gasteiger partial charge is 0.481 e. The molecule has 0 aliphatic rings. The summed E-state index contributed by atoms with van der Waals surface area (Å²) in [5, 5.41) is 12.2. The molecule has 0 radical (unpaired) electrons. The Bertz CT molecular complexity index is 592. The Hall–Kier alpha value is -1.65. The van der Waals surface area contributed by atoms with Crippen LogP contribution in [-0.2, 0) is 17.8 Å². The van der Waals surface area contributed by atoms with Crippen molar-refractivity contribution in [3.8, 4) is 0 Å². The van der Waals surface area contributed by atoms with E-state index >= 15 is 0 Å². The summed E-state index contributed by atoms with van der Waals surface area (Å²) in [4.78, 5) is 12.7.